The molecule has 0 unspecified atom stereocenters. The normalized spacial score (nSPS) is 9.06. The number of hydrogen-bond donors (Lipinski definition) is 1. The van der Waals surface area contributed by atoms with Gasteiger partial charge in [0.2, 0.25) is 5.91 Å². The molecule has 0 aliphatic carbocycles. The monoisotopic (exact) mass is 251 g/mol. The van der Waals surface area contributed by atoms with Crippen molar-refractivity contribution in [1.82, 2.24) is 5.32 Å². The summed E-state index contributed by atoms with van der Waals surface area (Å²) in [4.78, 5) is 23.3. The van der Waals surface area contributed by atoms with Gasteiger partial charge in [0.1, 0.15) is 4.88 Å². The van der Waals surface area contributed by atoms with Crippen LogP contribution in [0.4, 0.5) is 0 Å². The van der Waals surface area contributed by atoms with Gasteiger partial charge in [-0.25, -0.2) is 4.79 Å². The zero-order valence-corrected chi connectivity index (χ0v) is 10.5. The molecule has 1 N–H and O–H groups in total. The summed E-state index contributed by atoms with van der Waals surface area (Å²) in [6.07, 6.45) is 0. The van der Waals surface area contributed by atoms with Crippen LogP contribution in [-0.4, -0.2) is 25.0 Å². The van der Waals surface area contributed by atoms with Crippen molar-refractivity contribution in [1.29, 1.82) is 0 Å². The molecule has 0 saturated heterocycles. The summed E-state index contributed by atoms with van der Waals surface area (Å²) in [5.41, 5.74) is 0. The maximum atomic E-state index is 11.4. The van der Waals surface area contributed by atoms with Crippen LogP contribution >= 0.6 is 11.3 Å². The number of rotatable bonds is 3. The van der Waals surface area contributed by atoms with Crippen molar-refractivity contribution >= 4 is 23.2 Å². The molecule has 1 heterocycles. The molecule has 0 aromatic carbocycles. The van der Waals surface area contributed by atoms with Gasteiger partial charge in [0.15, 0.2) is 0 Å². The average molecular weight is 251 g/mol. The highest BCUT2D eigenvalue weighted by Crippen LogP contribution is 2.16. The highest BCUT2D eigenvalue weighted by Gasteiger charge is 2.08. The summed E-state index contributed by atoms with van der Waals surface area (Å²) < 4.78 is 4.86. The van der Waals surface area contributed by atoms with Gasteiger partial charge in [0.05, 0.1) is 18.0 Å². The number of carbonyl (C=O) groups excluding carboxylic acids is 2. The summed E-state index contributed by atoms with van der Waals surface area (Å²) >= 11 is 1.28. The lowest BCUT2D eigenvalue weighted by molar-refractivity contribution is -0.118. The van der Waals surface area contributed by atoms with Gasteiger partial charge in [-0.1, -0.05) is 11.8 Å². The Morgan fingerprint density at radius 1 is 1.47 bits per heavy atom. The Labute approximate surface area is 104 Å². The van der Waals surface area contributed by atoms with Crippen molar-refractivity contribution in [3.63, 3.8) is 0 Å². The van der Waals surface area contributed by atoms with Crippen LogP contribution in [0.5, 0.6) is 0 Å². The Balaban J connectivity index is 2.56. The van der Waals surface area contributed by atoms with Crippen molar-refractivity contribution < 1.29 is 14.3 Å². The van der Waals surface area contributed by atoms with Crippen LogP contribution in [0.15, 0.2) is 12.1 Å². The summed E-state index contributed by atoms with van der Waals surface area (Å²) in [5.74, 6) is 5.22. The number of esters is 1. The molecular formula is C12H13NO3S. The molecule has 0 spiro atoms. The Morgan fingerprint density at radius 2 is 2.24 bits per heavy atom. The summed E-state index contributed by atoms with van der Waals surface area (Å²) in [7, 11) is 0. The minimum Gasteiger partial charge on any atom is -0.462 e. The van der Waals surface area contributed by atoms with Crippen molar-refractivity contribution in [3.05, 3.63) is 21.9 Å². The van der Waals surface area contributed by atoms with Gasteiger partial charge in [-0.05, 0) is 19.1 Å². The lowest BCUT2D eigenvalue weighted by Gasteiger charge is -1.95. The van der Waals surface area contributed by atoms with E-state index in [4.69, 9.17) is 4.74 Å². The smallest absolute Gasteiger partial charge is 0.348 e. The molecule has 0 fully saturated rings. The Hall–Kier alpha value is -1.80. The van der Waals surface area contributed by atoms with Gasteiger partial charge in [0.25, 0.3) is 0 Å². The van der Waals surface area contributed by atoms with Crippen LogP contribution < -0.4 is 5.32 Å². The summed E-state index contributed by atoms with van der Waals surface area (Å²) in [6, 6.07) is 3.45. The second-order valence-electron chi connectivity index (χ2n) is 3.10. The maximum absolute atomic E-state index is 11.4. The lowest BCUT2D eigenvalue weighted by Crippen LogP contribution is -2.19. The number of thiophene rings is 1. The molecule has 1 amide bonds. The molecule has 0 aliphatic rings. The predicted octanol–water partition coefficient (Wildman–Crippen LogP) is 1.41. The van der Waals surface area contributed by atoms with E-state index in [-0.39, 0.29) is 11.9 Å². The standard InChI is InChI=1S/C12H13NO3S/c1-3-16-12(15)11-7-6-10(17-11)5-4-8-13-9(2)14/h6-7H,3,8H2,1-2H3,(H,13,14). The van der Waals surface area contributed by atoms with E-state index < -0.39 is 0 Å². The zero-order chi connectivity index (χ0) is 12.7. The van der Waals surface area contributed by atoms with E-state index in [1.54, 1.807) is 19.1 Å². The van der Waals surface area contributed by atoms with Crippen LogP contribution in [0.2, 0.25) is 0 Å². The SMILES string of the molecule is CCOC(=O)c1ccc(C#CCNC(C)=O)s1. The van der Waals surface area contributed by atoms with E-state index in [0.29, 0.717) is 18.0 Å². The van der Waals surface area contributed by atoms with Crippen LogP contribution in [0.25, 0.3) is 0 Å². The highest BCUT2D eigenvalue weighted by atomic mass is 32.1. The van der Waals surface area contributed by atoms with E-state index in [2.05, 4.69) is 17.2 Å². The largest absolute Gasteiger partial charge is 0.462 e. The van der Waals surface area contributed by atoms with Crippen molar-refractivity contribution in [3.8, 4) is 11.8 Å². The molecule has 0 radical (unpaired) electrons. The quantitative estimate of drug-likeness (QED) is 0.653. The van der Waals surface area contributed by atoms with Gasteiger partial charge >= 0.3 is 5.97 Å². The first kappa shape index (κ1) is 13.3. The Bertz CT molecular complexity index is 468. The molecular weight excluding hydrogens is 238 g/mol. The van der Waals surface area contributed by atoms with E-state index in [0.717, 1.165) is 4.88 Å². The summed E-state index contributed by atoms with van der Waals surface area (Å²) in [6.45, 7) is 3.87. The van der Waals surface area contributed by atoms with Gasteiger partial charge in [-0.15, -0.1) is 11.3 Å². The number of nitrogens with one attached hydrogen (secondary N) is 1. The molecule has 90 valence electrons. The molecule has 1 aromatic heterocycles. The minimum absolute atomic E-state index is 0.113. The second kappa shape index (κ2) is 6.71. The minimum atomic E-state index is -0.326. The highest BCUT2D eigenvalue weighted by molar-refractivity contribution is 7.14. The molecule has 0 aliphatic heterocycles. The molecule has 5 heteroatoms. The fourth-order valence-electron chi connectivity index (χ4n) is 1.02. The molecule has 0 atom stereocenters. The van der Waals surface area contributed by atoms with E-state index >= 15 is 0 Å². The fraction of sp³-hybridized carbons (Fsp3) is 0.333. The van der Waals surface area contributed by atoms with Gasteiger partial charge in [0, 0.05) is 6.92 Å². The number of ether oxygens (including phenoxy) is 1. The first-order valence-electron chi connectivity index (χ1n) is 5.13. The predicted molar refractivity (Wildman–Crippen MR) is 65.8 cm³/mol. The summed E-state index contributed by atoms with van der Waals surface area (Å²) in [5, 5.41) is 2.57. The van der Waals surface area contributed by atoms with Gasteiger partial charge in [-0.3, -0.25) is 4.79 Å². The van der Waals surface area contributed by atoms with Crippen molar-refractivity contribution in [2.75, 3.05) is 13.2 Å². The van der Waals surface area contributed by atoms with Crippen LogP contribution in [0.3, 0.4) is 0 Å². The third-order valence-electron chi connectivity index (χ3n) is 1.72. The fourth-order valence-corrected chi connectivity index (χ4v) is 1.79. The number of carbonyl (C=O) groups is 2. The van der Waals surface area contributed by atoms with Gasteiger partial charge < -0.3 is 10.1 Å². The first-order chi connectivity index (χ1) is 8.13. The molecule has 0 saturated carbocycles. The van der Waals surface area contributed by atoms with Gasteiger partial charge in [-0.2, -0.15) is 0 Å². The third kappa shape index (κ3) is 4.70. The second-order valence-corrected chi connectivity index (χ2v) is 4.18. The Kier molecular flexibility index (Phi) is 5.24. The third-order valence-corrected chi connectivity index (χ3v) is 2.70. The van der Waals surface area contributed by atoms with E-state index in [1.165, 1.54) is 18.3 Å². The topological polar surface area (TPSA) is 55.4 Å². The van der Waals surface area contributed by atoms with Crippen molar-refractivity contribution in [2.45, 2.75) is 13.8 Å². The molecule has 1 rings (SSSR count). The van der Waals surface area contributed by atoms with Crippen molar-refractivity contribution in [2.24, 2.45) is 0 Å². The van der Waals surface area contributed by atoms with Crippen LogP contribution in [0.1, 0.15) is 28.4 Å². The Morgan fingerprint density at radius 3 is 2.88 bits per heavy atom. The molecule has 0 bridgehead atoms. The maximum Gasteiger partial charge on any atom is 0.348 e. The average Bonchev–Trinajstić information content (AvgIpc) is 2.73. The molecule has 17 heavy (non-hydrogen) atoms. The van der Waals surface area contributed by atoms with Crippen LogP contribution in [-0.2, 0) is 9.53 Å². The molecule has 4 nitrogen and oxygen atoms in total. The molecule has 1 aromatic rings. The number of hydrogen-bond acceptors (Lipinski definition) is 4. The number of amides is 1. The first-order valence-corrected chi connectivity index (χ1v) is 5.95. The van der Waals surface area contributed by atoms with E-state index in [9.17, 15) is 9.59 Å². The van der Waals surface area contributed by atoms with E-state index in [1.807, 2.05) is 0 Å². The lowest BCUT2D eigenvalue weighted by atomic mass is 10.4. The van der Waals surface area contributed by atoms with Crippen LogP contribution in [0, 0.1) is 11.8 Å². The zero-order valence-electron chi connectivity index (χ0n) is 9.70.